The minimum absolute atomic E-state index is 0.0242. The Kier molecular flexibility index (Phi) is 2.46. The van der Waals surface area contributed by atoms with Crippen molar-refractivity contribution in [2.24, 2.45) is 7.05 Å². The molecule has 2 aromatic heterocycles. The Bertz CT molecular complexity index is 595. The summed E-state index contributed by atoms with van der Waals surface area (Å²) in [5, 5.41) is 14.2. The van der Waals surface area contributed by atoms with Crippen LogP contribution >= 0.6 is 0 Å². The molecule has 0 spiro atoms. The summed E-state index contributed by atoms with van der Waals surface area (Å²) in [6.07, 6.45) is 1.73. The molecule has 16 heavy (non-hydrogen) atoms. The average Bonchev–Trinajstić information content (AvgIpc) is 2.53. The van der Waals surface area contributed by atoms with Crippen LogP contribution in [0.15, 0.2) is 4.79 Å². The number of nitrogens with zero attached hydrogens (tertiary/aromatic N) is 2. The molecule has 0 saturated heterocycles. The molecule has 5 heteroatoms. The minimum Gasteiger partial charge on any atom is -0.505 e. The highest BCUT2D eigenvalue weighted by molar-refractivity contribution is 5.84. The van der Waals surface area contributed by atoms with Crippen LogP contribution in [0.2, 0.25) is 0 Å². The number of nitrogens with one attached hydrogen (secondary N) is 1. The Labute approximate surface area is 92.7 Å². The van der Waals surface area contributed by atoms with Crippen molar-refractivity contribution in [3.63, 3.8) is 0 Å². The van der Waals surface area contributed by atoms with Gasteiger partial charge in [0.1, 0.15) is 5.52 Å². The van der Waals surface area contributed by atoms with E-state index in [1.165, 1.54) is 0 Å². The van der Waals surface area contributed by atoms with Crippen molar-refractivity contribution < 1.29 is 5.11 Å². The van der Waals surface area contributed by atoms with Gasteiger partial charge in [-0.15, -0.1) is 0 Å². The molecule has 0 aliphatic rings. The number of aromatic nitrogens is 3. The zero-order chi connectivity index (χ0) is 11.9. The Morgan fingerprint density at radius 3 is 2.81 bits per heavy atom. The topological polar surface area (TPSA) is 70.9 Å². The van der Waals surface area contributed by atoms with Crippen molar-refractivity contribution in [3.05, 3.63) is 21.6 Å². The summed E-state index contributed by atoms with van der Waals surface area (Å²) in [6, 6.07) is 0. The third kappa shape index (κ3) is 1.39. The largest absolute Gasteiger partial charge is 0.505 e. The standard InChI is InChI=1S/C11H15N3O2/c1-4-5-7-8-9(14(3)13-7)10(15)6(2)11(16)12-8/h4-5H2,1-3H3,(H2,12,15,16). The average molecular weight is 221 g/mol. The van der Waals surface area contributed by atoms with Gasteiger partial charge in [0, 0.05) is 7.05 Å². The fourth-order valence-corrected chi connectivity index (χ4v) is 1.89. The zero-order valence-electron chi connectivity index (χ0n) is 9.66. The summed E-state index contributed by atoms with van der Waals surface area (Å²) < 4.78 is 1.61. The van der Waals surface area contributed by atoms with E-state index in [9.17, 15) is 9.90 Å². The van der Waals surface area contributed by atoms with Crippen LogP contribution in [0.1, 0.15) is 24.6 Å². The number of aryl methyl sites for hydroxylation is 2. The predicted molar refractivity (Wildman–Crippen MR) is 61.7 cm³/mol. The molecular weight excluding hydrogens is 206 g/mol. The molecule has 0 aromatic carbocycles. The van der Waals surface area contributed by atoms with Gasteiger partial charge in [0.15, 0.2) is 5.75 Å². The molecule has 0 atom stereocenters. The van der Waals surface area contributed by atoms with Crippen LogP contribution in [0.4, 0.5) is 0 Å². The van der Waals surface area contributed by atoms with Crippen molar-refractivity contribution in [3.8, 4) is 5.75 Å². The van der Waals surface area contributed by atoms with Crippen molar-refractivity contribution in [1.29, 1.82) is 0 Å². The number of rotatable bonds is 2. The first-order valence-electron chi connectivity index (χ1n) is 5.33. The van der Waals surface area contributed by atoms with Crippen LogP contribution in [-0.2, 0) is 13.5 Å². The van der Waals surface area contributed by atoms with Gasteiger partial charge in [0.25, 0.3) is 5.56 Å². The maximum absolute atomic E-state index is 11.6. The second-order valence-corrected chi connectivity index (χ2v) is 3.97. The van der Waals surface area contributed by atoms with Crippen molar-refractivity contribution in [1.82, 2.24) is 14.8 Å². The lowest BCUT2D eigenvalue weighted by Crippen LogP contribution is -2.09. The number of H-pyrrole nitrogens is 1. The van der Waals surface area contributed by atoms with Gasteiger partial charge in [-0.25, -0.2) is 0 Å². The molecule has 0 saturated carbocycles. The van der Waals surface area contributed by atoms with Gasteiger partial charge in [-0.2, -0.15) is 5.10 Å². The van der Waals surface area contributed by atoms with Crippen LogP contribution in [0, 0.1) is 6.92 Å². The van der Waals surface area contributed by atoms with Crippen LogP contribution in [0.25, 0.3) is 11.0 Å². The summed E-state index contributed by atoms with van der Waals surface area (Å²) >= 11 is 0. The van der Waals surface area contributed by atoms with Crippen LogP contribution in [0.3, 0.4) is 0 Å². The maximum Gasteiger partial charge on any atom is 0.255 e. The van der Waals surface area contributed by atoms with Gasteiger partial charge in [-0.1, -0.05) is 13.3 Å². The van der Waals surface area contributed by atoms with Crippen molar-refractivity contribution in [2.45, 2.75) is 26.7 Å². The second-order valence-electron chi connectivity index (χ2n) is 3.97. The van der Waals surface area contributed by atoms with Gasteiger partial charge < -0.3 is 10.1 Å². The molecule has 2 rings (SSSR count). The number of aromatic amines is 1. The first-order valence-corrected chi connectivity index (χ1v) is 5.33. The molecule has 2 N–H and O–H groups in total. The molecule has 0 amide bonds. The molecule has 0 unspecified atom stereocenters. The highest BCUT2D eigenvalue weighted by Gasteiger charge is 2.15. The number of aromatic hydroxyl groups is 1. The first kappa shape index (κ1) is 10.7. The Morgan fingerprint density at radius 2 is 2.19 bits per heavy atom. The lowest BCUT2D eigenvalue weighted by atomic mass is 10.2. The summed E-state index contributed by atoms with van der Waals surface area (Å²) in [4.78, 5) is 14.3. The number of hydrogen-bond acceptors (Lipinski definition) is 3. The van der Waals surface area contributed by atoms with E-state index >= 15 is 0 Å². The molecule has 0 aliphatic carbocycles. The number of fused-ring (bicyclic) bond motifs is 1. The molecule has 0 radical (unpaired) electrons. The van der Waals surface area contributed by atoms with E-state index in [1.54, 1.807) is 18.7 Å². The van der Waals surface area contributed by atoms with E-state index < -0.39 is 0 Å². The smallest absolute Gasteiger partial charge is 0.255 e. The van der Waals surface area contributed by atoms with E-state index in [4.69, 9.17) is 0 Å². The Hall–Kier alpha value is -1.78. The summed E-state index contributed by atoms with van der Waals surface area (Å²) in [5.74, 6) is 0.0242. The van der Waals surface area contributed by atoms with Gasteiger partial charge in [-0.3, -0.25) is 9.48 Å². The van der Waals surface area contributed by atoms with Gasteiger partial charge in [0.05, 0.1) is 16.8 Å². The quantitative estimate of drug-likeness (QED) is 0.801. The van der Waals surface area contributed by atoms with Gasteiger partial charge >= 0.3 is 0 Å². The monoisotopic (exact) mass is 221 g/mol. The SMILES string of the molecule is CCCc1nn(C)c2c(O)c(C)c(=O)[nH]c12. The van der Waals surface area contributed by atoms with Gasteiger partial charge in [-0.05, 0) is 13.3 Å². The van der Waals surface area contributed by atoms with E-state index in [0.29, 0.717) is 16.6 Å². The van der Waals surface area contributed by atoms with Crippen LogP contribution in [0.5, 0.6) is 5.75 Å². The lowest BCUT2D eigenvalue weighted by Gasteiger charge is -2.01. The van der Waals surface area contributed by atoms with E-state index in [0.717, 1.165) is 18.5 Å². The van der Waals surface area contributed by atoms with Crippen molar-refractivity contribution >= 4 is 11.0 Å². The molecular formula is C11H15N3O2. The minimum atomic E-state index is -0.254. The summed E-state index contributed by atoms with van der Waals surface area (Å²) in [6.45, 7) is 3.65. The number of hydrogen-bond donors (Lipinski definition) is 2. The third-order valence-corrected chi connectivity index (χ3v) is 2.77. The molecule has 2 aromatic rings. The highest BCUT2D eigenvalue weighted by Crippen LogP contribution is 2.26. The second kappa shape index (κ2) is 3.66. The predicted octanol–water partition coefficient (Wildman–Crippen LogP) is 1.23. The summed E-state index contributed by atoms with van der Waals surface area (Å²) in [5.41, 5.74) is 2.15. The molecule has 0 bridgehead atoms. The molecule has 0 aliphatic heterocycles. The fraction of sp³-hybridized carbons (Fsp3) is 0.455. The van der Waals surface area contributed by atoms with Gasteiger partial charge in [0.2, 0.25) is 0 Å². The molecule has 2 heterocycles. The maximum atomic E-state index is 11.6. The van der Waals surface area contributed by atoms with E-state index in [-0.39, 0.29) is 11.3 Å². The van der Waals surface area contributed by atoms with E-state index in [2.05, 4.69) is 10.1 Å². The zero-order valence-corrected chi connectivity index (χ0v) is 9.66. The first-order chi connectivity index (χ1) is 7.56. The van der Waals surface area contributed by atoms with Crippen LogP contribution in [-0.4, -0.2) is 19.9 Å². The Morgan fingerprint density at radius 1 is 1.50 bits per heavy atom. The third-order valence-electron chi connectivity index (χ3n) is 2.77. The number of pyridine rings is 1. The summed E-state index contributed by atoms with van der Waals surface area (Å²) in [7, 11) is 1.76. The fourth-order valence-electron chi connectivity index (χ4n) is 1.89. The normalized spacial score (nSPS) is 11.2. The Balaban J connectivity index is 2.86. The van der Waals surface area contributed by atoms with Crippen molar-refractivity contribution in [2.75, 3.05) is 0 Å². The van der Waals surface area contributed by atoms with E-state index in [1.807, 2.05) is 6.92 Å². The lowest BCUT2D eigenvalue weighted by molar-refractivity contribution is 0.472. The highest BCUT2D eigenvalue weighted by atomic mass is 16.3. The molecule has 5 nitrogen and oxygen atoms in total. The molecule has 0 fully saturated rings. The van der Waals surface area contributed by atoms with Crippen LogP contribution < -0.4 is 5.56 Å². The molecule has 86 valence electrons.